The van der Waals surface area contributed by atoms with Crippen LogP contribution in [0.1, 0.15) is 31.4 Å². The molecule has 1 saturated heterocycles. The third-order valence-electron chi connectivity index (χ3n) is 2.87. The van der Waals surface area contributed by atoms with Crippen LogP contribution in [0.15, 0.2) is 29.2 Å². The molecule has 2 nitrogen and oxygen atoms in total. The molecule has 3 heteroatoms. The van der Waals surface area contributed by atoms with E-state index in [9.17, 15) is 0 Å². The highest BCUT2D eigenvalue weighted by molar-refractivity contribution is 8.00. The van der Waals surface area contributed by atoms with E-state index in [2.05, 4.69) is 24.3 Å². The van der Waals surface area contributed by atoms with Gasteiger partial charge in [-0.15, -0.1) is 11.8 Å². The quantitative estimate of drug-likeness (QED) is 0.877. The van der Waals surface area contributed by atoms with Gasteiger partial charge in [-0.05, 0) is 31.4 Å². The Morgan fingerprint density at radius 1 is 1.31 bits per heavy atom. The van der Waals surface area contributed by atoms with Crippen LogP contribution in [0.5, 0.6) is 0 Å². The number of rotatable bonds is 3. The minimum Gasteiger partial charge on any atom is -0.381 e. The third-order valence-corrected chi connectivity index (χ3v) is 4.30. The van der Waals surface area contributed by atoms with E-state index >= 15 is 0 Å². The predicted molar refractivity (Wildman–Crippen MR) is 68.7 cm³/mol. The van der Waals surface area contributed by atoms with Gasteiger partial charge in [0.1, 0.15) is 0 Å². The Hall–Kier alpha value is -0.510. The molecule has 88 valence electrons. The Bertz CT molecular complexity index is 334. The standard InChI is InChI=1S/C13H19NOS/c1-10(14)12-4-2-3-5-13(12)16-11-6-8-15-9-7-11/h2-5,10-11H,6-9,14H2,1H3/t10-/m1/s1. The summed E-state index contributed by atoms with van der Waals surface area (Å²) >= 11 is 1.96. The highest BCUT2D eigenvalue weighted by Crippen LogP contribution is 2.33. The lowest BCUT2D eigenvalue weighted by atomic mass is 10.1. The summed E-state index contributed by atoms with van der Waals surface area (Å²) < 4.78 is 5.38. The molecule has 1 atom stereocenters. The molecule has 0 aliphatic carbocycles. The van der Waals surface area contributed by atoms with Crippen molar-refractivity contribution in [2.45, 2.75) is 36.0 Å². The second-order valence-electron chi connectivity index (χ2n) is 4.26. The normalized spacial score (nSPS) is 19.6. The van der Waals surface area contributed by atoms with Crippen LogP contribution in [-0.4, -0.2) is 18.5 Å². The molecule has 0 unspecified atom stereocenters. The first-order valence-corrected chi connectivity index (χ1v) is 6.74. The van der Waals surface area contributed by atoms with Crippen molar-refractivity contribution in [2.75, 3.05) is 13.2 Å². The molecule has 1 aromatic rings. The second kappa shape index (κ2) is 5.71. The molecule has 0 bridgehead atoms. The van der Waals surface area contributed by atoms with E-state index in [4.69, 9.17) is 10.5 Å². The smallest absolute Gasteiger partial charge is 0.0476 e. The maximum absolute atomic E-state index is 5.98. The Morgan fingerprint density at radius 2 is 2.00 bits per heavy atom. The molecule has 0 radical (unpaired) electrons. The number of benzene rings is 1. The molecular formula is C13H19NOS. The summed E-state index contributed by atoms with van der Waals surface area (Å²) in [7, 11) is 0. The maximum atomic E-state index is 5.98. The molecule has 1 heterocycles. The number of ether oxygens (including phenoxy) is 1. The van der Waals surface area contributed by atoms with Gasteiger partial charge in [-0.2, -0.15) is 0 Å². The van der Waals surface area contributed by atoms with Crippen LogP contribution in [0.2, 0.25) is 0 Å². The van der Waals surface area contributed by atoms with E-state index in [1.165, 1.54) is 10.5 Å². The lowest BCUT2D eigenvalue weighted by Crippen LogP contribution is -2.18. The topological polar surface area (TPSA) is 35.2 Å². The van der Waals surface area contributed by atoms with Crippen LogP contribution in [0.4, 0.5) is 0 Å². The van der Waals surface area contributed by atoms with Gasteiger partial charge in [-0.3, -0.25) is 0 Å². The second-order valence-corrected chi connectivity index (χ2v) is 5.60. The molecule has 1 aliphatic rings. The van der Waals surface area contributed by atoms with Crippen molar-refractivity contribution < 1.29 is 4.74 Å². The summed E-state index contributed by atoms with van der Waals surface area (Å²) in [5.41, 5.74) is 7.24. The van der Waals surface area contributed by atoms with Crippen molar-refractivity contribution in [3.63, 3.8) is 0 Å². The summed E-state index contributed by atoms with van der Waals surface area (Å²) in [6, 6.07) is 8.58. The third kappa shape index (κ3) is 3.00. The fraction of sp³-hybridized carbons (Fsp3) is 0.538. The first-order chi connectivity index (χ1) is 7.77. The van der Waals surface area contributed by atoms with E-state index in [1.54, 1.807) is 0 Å². The van der Waals surface area contributed by atoms with Crippen molar-refractivity contribution in [3.8, 4) is 0 Å². The largest absolute Gasteiger partial charge is 0.381 e. The van der Waals surface area contributed by atoms with Crippen molar-refractivity contribution in [3.05, 3.63) is 29.8 Å². The average Bonchev–Trinajstić information content (AvgIpc) is 2.31. The Morgan fingerprint density at radius 3 is 2.69 bits per heavy atom. The Kier molecular flexibility index (Phi) is 4.27. The van der Waals surface area contributed by atoms with E-state index in [0.717, 1.165) is 26.1 Å². The molecule has 0 amide bonds. The molecule has 2 N–H and O–H groups in total. The summed E-state index contributed by atoms with van der Waals surface area (Å²) in [5, 5.41) is 0.689. The van der Waals surface area contributed by atoms with Crippen molar-refractivity contribution >= 4 is 11.8 Å². The Labute approximate surface area is 102 Å². The maximum Gasteiger partial charge on any atom is 0.0476 e. The average molecular weight is 237 g/mol. The molecule has 0 spiro atoms. The number of hydrogen-bond donors (Lipinski definition) is 1. The summed E-state index contributed by atoms with van der Waals surface area (Å²) in [5.74, 6) is 0. The molecule has 1 aromatic carbocycles. The number of nitrogens with two attached hydrogens (primary N) is 1. The van der Waals surface area contributed by atoms with Crippen LogP contribution in [0.3, 0.4) is 0 Å². The van der Waals surface area contributed by atoms with Gasteiger partial charge in [0.2, 0.25) is 0 Å². The first-order valence-electron chi connectivity index (χ1n) is 5.86. The number of hydrogen-bond acceptors (Lipinski definition) is 3. The van der Waals surface area contributed by atoms with Crippen LogP contribution in [0, 0.1) is 0 Å². The minimum atomic E-state index is 0.114. The molecule has 2 rings (SSSR count). The highest BCUT2D eigenvalue weighted by Gasteiger charge is 2.17. The van der Waals surface area contributed by atoms with Gasteiger partial charge in [-0.1, -0.05) is 18.2 Å². The summed E-state index contributed by atoms with van der Waals surface area (Å²) in [6.45, 7) is 3.85. The van der Waals surface area contributed by atoms with Gasteiger partial charge in [0.15, 0.2) is 0 Å². The van der Waals surface area contributed by atoms with Crippen LogP contribution in [-0.2, 0) is 4.74 Å². The van der Waals surface area contributed by atoms with Gasteiger partial charge in [-0.25, -0.2) is 0 Å². The molecule has 1 aliphatic heterocycles. The lowest BCUT2D eigenvalue weighted by Gasteiger charge is -2.23. The molecular weight excluding hydrogens is 218 g/mol. The zero-order valence-electron chi connectivity index (χ0n) is 9.69. The fourth-order valence-corrected chi connectivity index (χ4v) is 3.27. The minimum absolute atomic E-state index is 0.114. The van der Waals surface area contributed by atoms with Crippen molar-refractivity contribution in [1.29, 1.82) is 0 Å². The Balaban J connectivity index is 2.07. The van der Waals surface area contributed by atoms with Crippen LogP contribution < -0.4 is 5.73 Å². The monoisotopic (exact) mass is 237 g/mol. The summed E-state index contributed by atoms with van der Waals surface area (Å²) in [6.07, 6.45) is 2.30. The molecule has 0 saturated carbocycles. The molecule has 0 aromatic heterocycles. The zero-order chi connectivity index (χ0) is 11.4. The van der Waals surface area contributed by atoms with Crippen molar-refractivity contribution in [1.82, 2.24) is 0 Å². The van der Waals surface area contributed by atoms with Crippen LogP contribution in [0.25, 0.3) is 0 Å². The van der Waals surface area contributed by atoms with Gasteiger partial charge >= 0.3 is 0 Å². The molecule has 1 fully saturated rings. The number of thioether (sulfide) groups is 1. The van der Waals surface area contributed by atoms with E-state index in [-0.39, 0.29) is 6.04 Å². The van der Waals surface area contributed by atoms with Crippen molar-refractivity contribution in [2.24, 2.45) is 5.73 Å². The zero-order valence-corrected chi connectivity index (χ0v) is 10.5. The van der Waals surface area contributed by atoms with Crippen LogP contribution >= 0.6 is 11.8 Å². The van der Waals surface area contributed by atoms with E-state index < -0.39 is 0 Å². The first kappa shape index (κ1) is 12.0. The SMILES string of the molecule is C[C@@H](N)c1ccccc1SC1CCOCC1. The fourth-order valence-electron chi connectivity index (χ4n) is 1.94. The van der Waals surface area contributed by atoms with Gasteiger partial charge in [0, 0.05) is 29.4 Å². The van der Waals surface area contributed by atoms with Gasteiger partial charge in [0.25, 0.3) is 0 Å². The van der Waals surface area contributed by atoms with E-state index in [0.29, 0.717) is 5.25 Å². The van der Waals surface area contributed by atoms with Gasteiger partial charge < -0.3 is 10.5 Å². The van der Waals surface area contributed by atoms with E-state index in [1.807, 2.05) is 18.7 Å². The summed E-state index contributed by atoms with van der Waals surface area (Å²) in [4.78, 5) is 1.34. The highest BCUT2D eigenvalue weighted by atomic mass is 32.2. The predicted octanol–water partition coefficient (Wildman–Crippen LogP) is 2.98. The lowest BCUT2D eigenvalue weighted by molar-refractivity contribution is 0.1000. The van der Waals surface area contributed by atoms with Gasteiger partial charge in [0.05, 0.1) is 0 Å². The molecule has 16 heavy (non-hydrogen) atoms.